The number of ether oxygens (including phenoxy) is 1. The normalized spacial score (nSPS) is 21.4. The first-order valence-corrected chi connectivity index (χ1v) is 5.84. The average molecular weight is 230 g/mol. The number of hydrogen-bond donors (Lipinski definition) is 3. The predicted octanol–water partition coefficient (Wildman–Crippen LogP) is -0.371. The second-order valence-corrected chi connectivity index (χ2v) is 4.60. The van der Waals surface area contributed by atoms with Gasteiger partial charge in [-0.3, -0.25) is 4.79 Å². The molecule has 1 fully saturated rings. The fraction of sp³-hybridized carbons (Fsp3) is 0.909. The van der Waals surface area contributed by atoms with Crippen molar-refractivity contribution >= 4 is 5.91 Å². The molecule has 1 atom stereocenters. The maximum Gasteiger partial charge on any atom is 0.240 e. The minimum atomic E-state index is -0.767. The number of nitrogens with two attached hydrogens (primary N) is 1. The highest BCUT2D eigenvalue weighted by Crippen LogP contribution is 2.17. The molecule has 0 aromatic rings. The van der Waals surface area contributed by atoms with Gasteiger partial charge in [-0.25, -0.2) is 0 Å². The Balaban J connectivity index is 2.33. The zero-order valence-electron chi connectivity index (χ0n) is 9.87. The fourth-order valence-corrected chi connectivity index (χ4v) is 1.73. The van der Waals surface area contributed by atoms with Crippen molar-refractivity contribution in [2.45, 2.75) is 31.7 Å². The smallest absolute Gasteiger partial charge is 0.240 e. The average Bonchev–Trinajstić information content (AvgIpc) is 2.27. The number of carbonyl (C=O) groups excluding carboxylic acids is 1. The molecule has 1 heterocycles. The lowest BCUT2D eigenvalue weighted by Gasteiger charge is -2.32. The van der Waals surface area contributed by atoms with E-state index in [0.29, 0.717) is 39.0 Å². The Kier molecular flexibility index (Phi) is 5.18. The molecule has 1 aliphatic heterocycles. The highest BCUT2D eigenvalue weighted by atomic mass is 16.5. The molecule has 94 valence electrons. The lowest BCUT2D eigenvalue weighted by molar-refractivity contribution is -0.129. The van der Waals surface area contributed by atoms with Gasteiger partial charge in [-0.15, -0.1) is 0 Å². The van der Waals surface area contributed by atoms with Crippen molar-refractivity contribution in [2.24, 2.45) is 11.7 Å². The highest BCUT2D eigenvalue weighted by Gasteiger charge is 2.35. The summed E-state index contributed by atoms with van der Waals surface area (Å²) < 4.78 is 5.19. The summed E-state index contributed by atoms with van der Waals surface area (Å²) in [4.78, 5) is 11.9. The molecule has 5 nitrogen and oxygen atoms in total. The molecule has 1 rings (SSSR count). The number of aliphatic hydroxyl groups is 1. The van der Waals surface area contributed by atoms with E-state index in [0.717, 1.165) is 0 Å². The molecule has 0 spiro atoms. The first-order valence-electron chi connectivity index (χ1n) is 5.84. The molecule has 0 aliphatic carbocycles. The molecule has 0 saturated carbocycles. The summed E-state index contributed by atoms with van der Waals surface area (Å²) in [5.74, 6) is 0.179. The third-order valence-corrected chi connectivity index (χ3v) is 3.07. The third-order valence-electron chi connectivity index (χ3n) is 3.07. The van der Waals surface area contributed by atoms with Gasteiger partial charge in [0.1, 0.15) is 0 Å². The molecular formula is C11H22N2O3. The number of hydrogen-bond acceptors (Lipinski definition) is 4. The van der Waals surface area contributed by atoms with E-state index < -0.39 is 5.54 Å². The largest absolute Gasteiger partial charge is 0.396 e. The zero-order valence-corrected chi connectivity index (χ0v) is 9.87. The molecule has 5 heteroatoms. The molecule has 4 N–H and O–H groups in total. The van der Waals surface area contributed by atoms with E-state index >= 15 is 0 Å². The number of nitrogens with one attached hydrogen (secondary N) is 1. The summed E-state index contributed by atoms with van der Waals surface area (Å²) in [7, 11) is 0. The third kappa shape index (κ3) is 3.73. The number of rotatable bonds is 5. The van der Waals surface area contributed by atoms with Crippen molar-refractivity contribution in [2.75, 3.05) is 26.4 Å². The summed E-state index contributed by atoms with van der Waals surface area (Å²) in [5.41, 5.74) is 5.25. The Morgan fingerprint density at radius 2 is 2.19 bits per heavy atom. The van der Waals surface area contributed by atoms with Crippen LogP contribution >= 0.6 is 0 Å². The Morgan fingerprint density at radius 3 is 2.75 bits per heavy atom. The topological polar surface area (TPSA) is 84.6 Å². The molecule has 0 radical (unpaired) electrons. The van der Waals surface area contributed by atoms with Crippen LogP contribution in [0.5, 0.6) is 0 Å². The van der Waals surface area contributed by atoms with Crippen LogP contribution in [0.3, 0.4) is 0 Å². The standard InChI is InChI=1S/C11H22N2O3/c1-9(2-5-14)8-13-10(15)11(12)3-6-16-7-4-11/h9,14H,2-8,12H2,1H3,(H,13,15). The Bertz CT molecular complexity index is 227. The van der Waals surface area contributed by atoms with E-state index in [1.165, 1.54) is 0 Å². The van der Waals surface area contributed by atoms with Crippen molar-refractivity contribution < 1.29 is 14.6 Å². The summed E-state index contributed by atoms with van der Waals surface area (Å²) in [6, 6.07) is 0. The molecule has 1 unspecified atom stereocenters. The number of amides is 1. The second kappa shape index (κ2) is 6.18. The second-order valence-electron chi connectivity index (χ2n) is 4.60. The Hall–Kier alpha value is -0.650. The Labute approximate surface area is 96.3 Å². The minimum Gasteiger partial charge on any atom is -0.396 e. The molecular weight excluding hydrogens is 208 g/mol. The van der Waals surface area contributed by atoms with Crippen molar-refractivity contribution in [3.8, 4) is 0 Å². The van der Waals surface area contributed by atoms with E-state index in [2.05, 4.69) is 5.32 Å². The molecule has 0 bridgehead atoms. The van der Waals surface area contributed by atoms with E-state index in [9.17, 15) is 4.79 Å². The van der Waals surface area contributed by atoms with Crippen LogP contribution in [-0.4, -0.2) is 42.9 Å². The van der Waals surface area contributed by atoms with Crippen LogP contribution in [0.25, 0.3) is 0 Å². The van der Waals surface area contributed by atoms with Gasteiger partial charge in [0.15, 0.2) is 0 Å². The van der Waals surface area contributed by atoms with Gasteiger partial charge in [0.2, 0.25) is 5.91 Å². The van der Waals surface area contributed by atoms with Crippen molar-refractivity contribution in [1.29, 1.82) is 0 Å². The fourth-order valence-electron chi connectivity index (χ4n) is 1.73. The quantitative estimate of drug-likeness (QED) is 0.601. The Morgan fingerprint density at radius 1 is 1.56 bits per heavy atom. The molecule has 0 aromatic carbocycles. The number of carbonyl (C=O) groups is 1. The lowest BCUT2D eigenvalue weighted by atomic mass is 9.90. The van der Waals surface area contributed by atoms with Crippen molar-refractivity contribution in [3.05, 3.63) is 0 Å². The molecule has 0 aromatic heterocycles. The lowest BCUT2D eigenvalue weighted by Crippen LogP contribution is -2.57. The summed E-state index contributed by atoms with van der Waals surface area (Å²) >= 11 is 0. The summed E-state index contributed by atoms with van der Waals surface area (Å²) in [5, 5.41) is 11.6. The monoisotopic (exact) mass is 230 g/mol. The van der Waals surface area contributed by atoms with Crippen LogP contribution in [0.4, 0.5) is 0 Å². The molecule has 1 aliphatic rings. The molecule has 16 heavy (non-hydrogen) atoms. The highest BCUT2D eigenvalue weighted by molar-refractivity contribution is 5.86. The predicted molar refractivity (Wildman–Crippen MR) is 60.8 cm³/mol. The minimum absolute atomic E-state index is 0.0967. The van der Waals surface area contributed by atoms with Gasteiger partial charge >= 0.3 is 0 Å². The van der Waals surface area contributed by atoms with Gasteiger partial charge in [-0.05, 0) is 25.2 Å². The first kappa shape index (κ1) is 13.4. The maximum absolute atomic E-state index is 11.9. The van der Waals surface area contributed by atoms with E-state index in [-0.39, 0.29) is 18.4 Å². The van der Waals surface area contributed by atoms with Gasteiger partial charge in [0.05, 0.1) is 5.54 Å². The van der Waals surface area contributed by atoms with Crippen molar-refractivity contribution in [1.82, 2.24) is 5.32 Å². The summed E-state index contributed by atoms with van der Waals surface area (Å²) in [6.45, 7) is 3.81. The van der Waals surface area contributed by atoms with Crippen LogP contribution in [0, 0.1) is 5.92 Å². The molecule has 1 amide bonds. The van der Waals surface area contributed by atoms with E-state index in [4.69, 9.17) is 15.6 Å². The SMILES string of the molecule is CC(CCO)CNC(=O)C1(N)CCOCC1. The first-order chi connectivity index (χ1) is 7.58. The van der Waals surface area contributed by atoms with Crippen LogP contribution in [0.1, 0.15) is 26.2 Å². The van der Waals surface area contributed by atoms with Crippen LogP contribution in [-0.2, 0) is 9.53 Å². The summed E-state index contributed by atoms with van der Waals surface area (Å²) in [6.07, 6.45) is 1.85. The van der Waals surface area contributed by atoms with Gasteiger partial charge in [0, 0.05) is 26.4 Å². The van der Waals surface area contributed by atoms with Crippen molar-refractivity contribution in [3.63, 3.8) is 0 Å². The molecule has 1 saturated heterocycles. The van der Waals surface area contributed by atoms with Gasteiger partial charge in [-0.2, -0.15) is 0 Å². The van der Waals surface area contributed by atoms with Crippen LogP contribution < -0.4 is 11.1 Å². The van der Waals surface area contributed by atoms with Gasteiger partial charge in [-0.1, -0.05) is 6.92 Å². The maximum atomic E-state index is 11.9. The van der Waals surface area contributed by atoms with Gasteiger partial charge in [0.25, 0.3) is 0 Å². The van der Waals surface area contributed by atoms with Crippen LogP contribution in [0.15, 0.2) is 0 Å². The van der Waals surface area contributed by atoms with Gasteiger partial charge < -0.3 is 20.9 Å². The number of aliphatic hydroxyl groups excluding tert-OH is 1. The van der Waals surface area contributed by atoms with E-state index in [1.54, 1.807) is 0 Å². The van der Waals surface area contributed by atoms with Crippen LogP contribution in [0.2, 0.25) is 0 Å². The van der Waals surface area contributed by atoms with E-state index in [1.807, 2.05) is 6.92 Å². The zero-order chi connectivity index (χ0) is 12.0.